The molecule has 4 aliphatic carbocycles. The minimum absolute atomic E-state index is 0.114. The lowest BCUT2D eigenvalue weighted by Gasteiger charge is -2.59. The van der Waals surface area contributed by atoms with Gasteiger partial charge in [-0.15, -0.1) is 0 Å². The van der Waals surface area contributed by atoms with Gasteiger partial charge in [0.05, 0.1) is 11.7 Å². The largest absolute Gasteiger partial charge is 0.393 e. The molecule has 0 spiro atoms. The zero-order valence-corrected chi connectivity index (χ0v) is 15.1. The number of allylic oxidation sites excluding steroid dienone is 1. The minimum Gasteiger partial charge on any atom is -0.393 e. The molecule has 0 aromatic carbocycles. The van der Waals surface area contributed by atoms with E-state index in [-0.39, 0.29) is 11.5 Å². The van der Waals surface area contributed by atoms with Gasteiger partial charge in [0.25, 0.3) is 0 Å². The molecule has 130 valence electrons. The first kappa shape index (κ1) is 16.1. The molecule has 7 atom stereocenters. The highest BCUT2D eigenvalue weighted by molar-refractivity contribution is 5.26. The second-order valence-corrected chi connectivity index (χ2v) is 9.54. The maximum Gasteiger partial charge on any atom is 0.0701 e. The SMILES string of the molecule is CC[C@]1(O)CC[C@H]2[C@@H]3CC=C4C[C@@H](O)CC[C@]4(C)[C@@H]3CC[C@@]21C. The Balaban J connectivity index is 1.68. The van der Waals surface area contributed by atoms with Crippen molar-refractivity contribution in [3.05, 3.63) is 11.6 Å². The summed E-state index contributed by atoms with van der Waals surface area (Å²) in [6.07, 6.45) is 12.2. The van der Waals surface area contributed by atoms with E-state index in [1.54, 1.807) is 5.57 Å². The molecule has 0 aromatic rings. The highest BCUT2D eigenvalue weighted by atomic mass is 16.3. The Labute approximate surface area is 141 Å². The molecule has 2 nitrogen and oxygen atoms in total. The van der Waals surface area contributed by atoms with E-state index in [2.05, 4.69) is 26.8 Å². The van der Waals surface area contributed by atoms with E-state index < -0.39 is 5.60 Å². The molecule has 0 amide bonds. The minimum atomic E-state index is -0.434. The summed E-state index contributed by atoms with van der Waals surface area (Å²) in [6, 6.07) is 0. The topological polar surface area (TPSA) is 40.5 Å². The van der Waals surface area contributed by atoms with Crippen LogP contribution in [0.5, 0.6) is 0 Å². The third kappa shape index (κ3) is 2.00. The number of aliphatic hydroxyl groups is 2. The lowest BCUT2D eigenvalue weighted by Crippen LogP contribution is -2.54. The van der Waals surface area contributed by atoms with Crippen molar-refractivity contribution in [2.75, 3.05) is 0 Å². The molecule has 0 heterocycles. The van der Waals surface area contributed by atoms with Crippen molar-refractivity contribution < 1.29 is 10.2 Å². The van der Waals surface area contributed by atoms with Crippen molar-refractivity contribution in [1.29, 1.82) is 0 Å². The number of hydrogen-bond acceptors (Lipinski definition) is 2. The van der Waals surface area contributed by atoms with Crippen LogP contribution in [-0.4, -0.2) is 21.9 Å². The van der Waals surface area contributed by atoms with Crippen LogP contribution in [0, 0.1) is 28.6 Å². The normalized spacial score (nSPS) is 55.6. The maximum absolute atomic E-state index is 11.2. The quantitative estimate of drug-likeness (QED) is 0.701. The highest BCUT2D eigenvalue weighted by Gasteiger charge is 2.62. The van der Waals surface area contributed by atoms with Crippen LogP contribution in [-0.2, 0) is 0 Å². The fourth-order valence-corrected chi connectivity index (χ4v) is 7.33. The van der Waals surface area contributed by atoms with E-state index in [1.807, 2.05) is 0 Å². The molecule has 0 saturated heterocycles. The molecule has 0 aliphatic heterocycles. The van der Waals surface area contributed by atoms with Crippen molar-refractivity contribution in [3.63, 3.8) is 0 Å². The predicted octanol–water partition coefficient (Wildman–Crippen LogP) is 4.45. The number of hydrogen-bond donors (Lipinski definition) is 2. The Bertz CT molecular complexity index is 526. The molecule has 23 heavy (non-hydrogen) atoms. The Morgan fingerprint density at radius 1 is 1.09 bits per heavy atom. The monoisotopic (exact) mass is 318 g/mol. The molecule has 3 fully saturated rings. The fraction of sp³-hybridized carbons (Fsp3) is 0.905. The Morgan fingerprint density at radius 3 is 2.57 bits per heavy atom. The van der Waals surface area contributed by atoms with Crippen LogP contribution < -0.4 is 0 Å². The van der Waals surface area contributed by atoms with Gasteiger partial charge in [-0.1, -0.05) is 32.4 Å². The second kappa shape index (κ2) is 5.08. The molecule has 0 radical (unpaired) electrons. The van der Waals surface area contributed by atoms with Crippen LogP contribution in [0.3, 0.4) is 0 Å². The van der Waals surface area contributed by atoms with Gasteiger partial charge in [0.15, 0.2) is 0 Å². The van der Waals surface area contributed by atoms with Crippen LogP contribution in [0.25, 0.3) is 0 Å². The maximum atomic E-state index is 11.2. The van der Waals surface area contributed by atoms with E-state index >= 15 is 0 Å². The van der Waals surface area contributed by atoms with Crippen molar-refractivity contribution in [2.45, 2.75) is 90.3 Å². The van der Waals surface area contributed by atoms with Gasteiger partial charge < -0.3 is 10.2 Å². The average molecular weight is 319 g/mol. The molecule has 0 unspecified atom stereocenters. The van der Waals surface area contributed by atoms with E-state index in [9.17, 15) is 10.2 Å². The molecule has 2 heteroatoms. The van der Waals surface area contributed by atoms with E-state index in [4.69, 9.17) is 0 Å². The van der Waals surface area contributed by atoms with Gasteiger partial charge in [0.2, 0.25) is 0 Å². The summed E-state index contributed by atoms with van der Waals surface area (Å²) in [5.74, 6) is 2.21. The number of aliphatic hydroxyl groups excluding tert-OH is 1. The van der Waals surface area contributed by atoms with Crippen LogP contribution in [0.15, 0.2) is 11.6 Å². The summed E-state index contributed by atoms with van der Waals surface area (Å²) in [4.78, 5) is 0. The summed E-state index contributed by atoms with van der Waals surface area (Å²) in [5.41, 5.74) is 1.55. The first-order valence-corrected chi connectivity index (χ1v) is 9.94. The van der Waals surface area contributed by atoms with Crippen molar-refractivity contribution in [3.8, 4) is 0 Å². The van der Waals surface area contributed by atoms with Gasteiger partial charge in [0, 0.05) is 0 Å². The molecular weight excluding hydrogens is 284 g/mol. The van der Waals surface area contributed by atoms with Crippen LogP contribution in [0.1, 0.15) is 78.6 Å². The zero-order chi connectivity index (χ0) is 16.5. The first-order chi connectivity index (χ1) is 10.8. The second-order valence-electron chi connectivity index (χ2n) is 9.54. The molecule has 4 rings (SSSR count). The van der Waals surface area contributed by atoms with Crippen LogP contribution >= 0.6 is 0 Å². The van der Waals surface area contributed by atoms with Crippen molar-refractivity contribution in [2.24, 2.45) is 28.6 Å². The number of fused-ring (bicyclic) bond motifs is 5. The van der Waals surface area contributed by atoms with E-state index in [1.165, 1.54) is 25.7 Å². The molecule has 3 saturated carbocycles. The van der Waals surface area contributed by atoms with Gasteiger partial charge in [-0.05, 0) is 86.4 Å². The Hall–Kier alpha value is -0.340. The lowest BCUT2D eigenvalue weighted by molar-refractivity contribution is -0.125. The van der Waals surface area contributed by atoms with Gasteiger partial charge in [-0.2, -0.15) is 0 Å². The summed E-state index contributed by atoms with van der Waals surface area (Å²) in [7, 11) is 0. The highest BCUT2D eigenvalue weighted by Crippen LogP contribution is 2.67. The van der Waals surface area contributed by atoms with Crippen LogP contribution in [0.4, 0.5) is 0 Å². The first-order valence-electron chi connectivity index (χ1n) is 9.94. The Kier molecular flexibility index (Phi) is 3.57. The summed E-state index contributed by atoms with van der Waals surface area (Å²) < 4.78 is 0. The summed E-state index contributed by atoms with van der Waals surface area (Å²) in [5, 5.41) is 21.3. The summed E-state index contributed by atoms with van der Waals surface area (Å²) >= 11 is 0. The molecule has 0 bridgehead atoms. The van der Waals surface area contributed by atoms with E-state index in [0.717, 1.165) is 43.9 Å². The van der Waals surface area contributed by atoms with Crippen molar-refractivity contribution >= 4 is 0 Å². The van der Waals surface area contributed by atoms with Crippen molar-refractivity contribution in [1.82, 2.24) is 0 Å². The third-order valence-electron chi connectivity index (χ3n) is 8.98. The number of rotatable bonds is 1. The molecular formula is C21H34O2. The summed E-state index contributed by atoms with van der Waals surface area (Å²) in [6.45, 7) is 7.03. The van der Waals surface area contributed by atoms with Gasteiger partial charge in [0.1, 0.15) is 0 Å². The fourth-order valence-electron chi connectivity index (χ4n) is 7.33. The predicted molar refractivity (Wildman–Crippen MR) is 93.0 cm³/mol. The van der Waals surface area contributed by atoms with Gasteiger partial charge in [-0.25, -0.2) is 0 Å². The van der Waals surface area contributed by atoms with Gasteiger partial charge in [-0.3, -0.25) is 0 Å². The third-order valence-corrected chi connectivity index (χ3v) is 8.98. The Morgan fingerprint density at radius 2 is 1.83 bits per heavy atom. The molecule has 4 aliphatic rings. The van der Waals surface area contributed by atoms with E-state index in [0.29, 0.717) is 11.3 Å². The van der Waals surface area contributed by atoms with Gasteiger partial charge >= 0.3 is 0 Å². The standard InChI is InChI=1S/C21H34O2/c1-4-21(23)12-9-18-16-6-5-14-13-15(22)7-10-19(14,2)17(16)8-11-20(18,21)3/h5,15-18,22-23H,4,6-13H2,1-3H3/t15-,16+,17+,18-,19-,20-,21-/m0/s1. The van der Waals surface area contributed by atoms with Crippen LogP contribution in [0.2, 0.25) is 0 Å². The molecule has 0 aromatic heterocycles. The smallest absolute Gasteiger partial charge is 0.0701 e. The zero-order valence-electron chi connectivity index (χ0n) is 15.1. The average Bonchev–Trinajstić information content (AvgIpc) is 2.80. The molecule has 2 N–H and O–H groups in total. The lowest BCUT2D eigenvalue weighted by atomic mass is 9.47.